The van der Waals surface area contributed by atoms with Crippen LogP contribution < -0.4 is 5.56 Å². The summed E-state index contributed by atoms with van der Waals surface area (Å²) in [6.45, 7) is 4.70. The van der Waals surface area contributed by atoms with Crippen LogP contribution in [0.4, 0.5) is 4.39 Å². The summed E-state index contributed by atoms with van der Waals surface area (Å²) in [7, 11) is 1.99. The van der Waals surface area contributed by atoms with E-state index in [9.17, 15) is 9.18 Å². The molecule has 0 bridgehead atoms. The number of aromatic amines is 1. The van der Waals surface area contributed by atoms with E-state index in [2.05, 4.69) is 34.8 Å². The van der Waals surface area contributed by atoms with Crippen molar-refractivity contribution in [3.8, 4) is 0 Å². The van der Waals surface area contributed by atoms with Crippen molar-refractivity contribution in [1.29, 1.82) is 0 Å². The van der Waals surface area contributed by atoms with Gasteiger partial charge in [-0.1, -0.05) is 0 Å². The zero-order valence-electron chi connectivity index (χ0n) is 14.7. The van der Waals surface area contributed by atoms with E-state index in [4.69, 9.17) is 0 Å². The van der Waals surface area contributed by atoms with Crippen molar-refractivity contribution in [2.45, 2.75) is 32.9 Å². The Morgan fingerprint density at radius 2 is 2.04 bits per heavy atom. The third-order valence-corrected chi connectivity index (χ3v) is 4.53. The third kappa shape index (κ3) is 4.12. The van der Waals surface area contributed by atoms with Gasteiger partial charge in [-0.2, -0.15) is 0 Å². The number of pyridine rings is 2. The first-order valence-corrected chi connectivity index (χ1v) is 8.35. The Hall–Kier alpha value is -2.53. The van der Waals surface area contributed by atoms with Crippen molar-refractivity contribution in [1.82, 2.24) is 14.9 Å². The molecule has 0 fully saturated rings. The number of aryl methyl sites for hydroxylation is 1. The van der Waals surface area contributed by atoms with Gasteiger partial charge in [0, 0.05) is 36.5 Å². The molecule has 0 aliphatic carbocycles. The van der Waals surface area contributed by atoms with Gasteiger partial charge in [0.15, 0.2) is 0 Å². The van der Waals surface area contributed by atoms with Gasteiger partial charge in [0.25, 0.3) is 5.56 Å². The second-order valence-corrected chi connectivity index (χ2v) is 6.65. The van der Waals surface area contributed by atoms with Crippen LogP contribution in [-0.4, -0.2) is 28.0 Å². The number of hydrogen-bond donors (Lipinski definition) is 1. The van der Waals surface area contributed by atoms with Crippen LogP contribution in [0, 0.1) is 12.7 Å². The molecule has 2 aromatic heterocycles. The molecule has 130 valence electrons. The molecule has 0 spiro atoms. The number of nitrogens with one attached hydrogen (secondary N) is 1. The third-order valence-electron chi connectivity index (χ3n) is 4.53. The largest absolute Gasteiger partial charge is 0.322 e. The standard InChI is InChI=1S/C20H22FN3O/c1-13-6-7-22-18(8-13)9-14(2)24(3)12-16-10-15-4-5-17(21)11-19(15)23-20(16)25/h4-8,10-11,14H,9,12H2,1-3H3,(H,23,25). The molecular formula is C20H22FN3O. The highest BCUT2D eigenvalue weighted by molar-refractivity contribution is 5.78. The molecule has 1 aromatic carbocycles. The molecule has 0 aliphatic heterocycles. The van der Waals surface area contributed by atoms with E-state index in [1.165, 1.54) is 17.7 Å². The Kier molecular flexibility index (Phi) is 4.95. The maximum atomic E-state index is 13.3. The Morgan fingerprint density at radius 1 is 1.24 bits per heavy atom. The fraction of sp³-hybridized carbons (Fsp3) is 0.300. The number of H-pyrrole nitrogens is 1. The summed E-state index contributed by atoms with van der Waals surface area (Å²) in [5.74, 6) is -0.354. The van der Waals surface area contributed by atoms with Gasteiger partial charge in [0.2, 0.25) is 0 Å². The van der Waals surface area contributed by atoms with Crippen LogP contribution in [0.15, 0.2) is 47.4 Å². The fourth-order valence-corrected chi connectivity index (χ4v) is 2.93. The Balaban J connectivity index is 1.76. The predicted octanol–water partition coefficient (Wildman–Crippen LogP) is 3.43. The number of halogens is 1. The lowest BCUT2D eigenvalue weighted by molar-refractivity contribution is 0.246. The molecule has 0 saturated carbocycles. The van der Waals surface area contributed by atoms with Gasteiger partial charge in [-0.25, -0.2) is 4.39 Å². The first-order valence-electron chi connectivity index (χ1n) is 8.35. The minimum atomic E-state index is -0.354. The average Bonchev–Trinajstić information content (AvgIpc) is 2.55. The number of fused-ring (bicyclic) bond motifs is 1. The van der Waals surface area contributed by atoms with Crippen molar-refractivity contribution < 1.29 is 4.39 Å². The van der Waals surface area contributed by atoms with E-state index in [0.717, 1.165) is 17.5 Å². The van der Waals surface area contributed by atoms with Crippen molar-refractivity contribution >= 4 is 10.9 Å². The maximum absolute atomic E-state index is 13.3. The van der Waals surface area contributed by atoms with Crippen LogP contribution >= 0.6 is 0 Å². The highest BCUT2D eigenvalue weighted by Crippen LogP contribution is 2.15. The summed E-state index contributed by atoms with van der Waals surface area (Å²) in [5.41, 5.74) is 3.25. The van der Waals surface area contributed by atoms with Gasteiger partial charge in [0.1, 0.15) is 5.82 Å². The fourth-order valence-electron chi connectivity index (χ4n) is 2.93. The quantitative estimate of drug-likeness (QED) is 0.775. The summed E-state index contributed by atoms with van der Waals surface area (Å²) in [6, 6.07) is 10.6. The number of nitrogens with zero attached hydrogens (tertiary/aromatic N) is 2. The smallest absolute Gasteiger partial charge is 0.252 e. The molecule has 3 aromatic rings. The van der Waals surface area contributed by atoms with Crippen molar-refractivity contribution in [2.75, 3.05) is 7.05 Å². The number of benzene rings is 1. The summed E-state index contributed by atoms with van der Waals surface area (Å²) in [5, 5.41) is 0.831. The van der Waals surface area contributed by atoms with E-state index in [1.807, 2.05) is 25.4 Å². The maximum Gasteiger partial charge on any atom is 0.252 e. The Labute approximate surface area is 146 Å². The predicted molar refractivity (Wildman–Crippen MR) is 98.1 cm³/mol. The highest BCUT2D eigenvalue weighted by Gasteiger charge is 2.14. The van der Waals surface area contributed by atoms with Crippen molar-refractivity contribution in [3.05, 3.63) is 75.6 Å². The van der Waals surface area contributed by atoms with E-state index >= 15 is 0 Å². The monoisotopic (exact) mass is 339 g/mol. The lowest BCUT2D eigenvalue weighted by Gasteiger charge is -2.24. The normalized spacial score (nSPS) is 12.7. The zero-order chi connectivity index (χ0) is 18.0. The Morgan fingerprint density at radius 3 is 2.80 bits per heavy atom. The molecule has 0 radical (unpaired) electrons. The van der Waals surface area contributed by atoms with Crippen LogP contribution in [0.25, 0.3) is 10.9 Å². The summed E-state index contributed by atoms with van der Waals surface area (Å²) in [4.78, 5) is 21.6. The second-order valence-electron chi connectivity index (χ2n) is 6.65. The SMILES string of the molecule is Cc1ccnc(CC(C)N(C)Cc2cc3ccc(F)cc3[nH]c2=O)c1. The summed E-state index contributed by atoms with van der Waals surface area (Å²) >= 11 is 0. The van der Waals surface area contributed by atoms with E-state index in [0.29, 0.717) is 17.6 Å². The lowest BCUT2D eigenvalue weighted by atomic mass is 10.1. The van der Waals surface area contributed by atoms with Crippen LogP contribution in [0.5, 0.6) is 0 Å². The molecule has 0 saturated heterocycles. The minimum Gasteiger partial charge on any atom is -0.322 e. The molecule has 1 N–H and O–H groups in total. The average molecular weight is 339 g/mol. The minimum absolute atomic E-state index is 0.175. The first-order chi connectivity index (χ1) is 11.9. The van der Waals surface area contributed by atoms with Crippen LogP contribution in [-0.2, 0) is 13.0 Å². The van der Waals surface area contributed by atoms with E-state index in [1.54, 1.807) is 6.07 Å². The molecule has 4 nitrogen and oxygen atoms in total. The van der Waals surface area contributed by atoms with Gasteiger partial charge in [-0.3, -0.25) is 14.7 Å². The van der Waals surface area contributed by atoms with Gasteiger partial charge >= 0.3 is 0 Å². The number of aromatic nitrogens is 2. The molecule has 2 heterocycles. The number of likely N-dealkylation sites (N-methyl/N-ethyl adjacent to an activating group) is 1. The molecule has 1 unspecified atom stereocenters. The molecule has 0 amide bonds. The topological polar surface area (TPSA) is 49.0 Å². The van der Waals surface area contributed by atoms with Gasteiger partial charge < -0.3 is 4.98 Å². The first kappa shape index (κ1) is 17.3. The molecule has 5 heteroatoms. The van der Waals surface area contributed by atoms with Gasteiger partial charge in [-0.15, -0.1) is 0 Å². The van der Waals surface area contributed by atoms with Crippen LogP contribution in [0.2, 0.25) is 0 Å². The second kappa shape index (κ2) is 7.15. The van der Waals surface area contributed by atoms with Crippen LogP contribution in [0.1, 0.15) is 23.7 Å². The van der Waals surface area contributed by atoms with E-state index in [-0.39, 0.29) is 17.4 Å². The van der Waals surface area contributed by atoms with E-state index < -0.39 is 0 Å². The molecule has 1 atom stereocenters. The Bertz CT molecular complexity index is 951. The number of hydrogen-bond acceptors (Lipinski definition) is 3. The lowest BCUT2D eigenvalue weighted by Crippen LogP contribution is -2.32. The number of rotatable bonds is 5. The molecule has 0 aliphatic rings. The van der Waals surface area contributed by atoms with Crippen molar-refractivity contribution in [3.63, 3.8) is 0 Å². The summed E-state index contributed by atoms with van der Waals surface area (Å²) in [6.07, 6.45) is 2.64. The van der Waals surface area contributed by atoms with Gasteiger partial charge in [-0.05, 0) is 68.2 Å². The molecular weight excluding hydrogens is 317 g/mol. The van der Waals surface area contributed by atoms with Crippen LogP contribution in [0.3, 0.4) is 0 Å². The molecule has 3 rings (SSSR count). The van der Waals surface area contributed by atoms with Crippen molar-refractivity contribution in [2.24, 2.45) is 0 Å². The highest BCUT2D eigenvalue weighted by atomic mass is 19.1. The zero-order valence-corrected chi connectivity index (χ0v) is 14.7. The summed E-state index contributed by atoms with van der Waals surface area (Å²) < 4.78 is 13.3. The molecule has 25 heavy (non-hydrogen) atoms. The van der Waals surface area contributed by atoms with Gasteiger partial charge in [0.05, 0.1) is 5.52 Å².